The predicted octanol–water partition coefficient (Wildman–Crippen LogP) is -0.201. The highest BCUT2D eigenvalue weighted by Gasteiger charge is 2.29. The Bertz CT molecular complexity index is 242. The standard InChI is InChI=1S/C9H16N2O3/c1-6-3-2-4-11(6)9(14)7(10)5-8(12)13/h6-7H,2-5,10H2,1H3,(H,12,13). The molecule has 0 saturated carbocycles. The van der Waals surface area contributed by atoms with Crippen LogP contribution >= 0.6 is 0 Å². The quantitative estimate of drug-likeness (QED) is 0.660. The predicted molar refractivity (Wildman–Crippen MR) is 50.6 cm³/mol. The molecule has 0 aliphatic carbocycles. The third kappa shape index (κ3) is 2.45. The lowest BCUT2D eigenvalue weighted by molar-refractivity contribution is -0.142. The summed E-state index contributed by atoms with van der Waals surface area (Å²) in [7, 11) is 0. The maximum absolute atomic E-state index is 11.6. The zero-order valence-electron chi connectivity index (χ0n) is 8.27. The highest BCUT2D eigenvalue weighted by Crippen LogP contribution is 2.17. The van der Waals surface area contributed by atoms with Gasteiger partial charge < -0.3 is 15.7 Å². The van der Waals surface area contributed by atoms with E-state index in [-0.39, 0.29) is 18.4 Å². The van der Waals surface area contributed by atoms with Crippen molar-refractivity contribution in [2.24, 2.45) is 5.73 Å². The molecule has 2 unspecified atom stereocenters. The Morgan fingerprint density at radius 1 is 1.64 bits per heavy atom. The minimum atomic E-state index is -1.03. The zero-order chi connectivity index (χ0) is 10.7. The summed E-state index contributed by atoms with van der Waals surface area (Å²) in [6.07, 6.45) is 1.67. The van der Waals surface area contributed by atoms with Gasteiger partial charge in [-0.2, -0.15) is 0 Å². The largest absolute Gasteiger partial charge is 0.481 e. The minimum absolute atomic E-state index is 0.197. The number of carbonyl (C=O) groups is 2. The maximum atomic E-state index is 11.6. The number of nitrogens with two attached hydrogens (primary N) is 1. The van der Waals surface area contributed by atoms with Gasteiger partial charge >= 0.3 is 5.97 Å². The van der Waals surface area contributed by atoms with Gasteiger partial charge in [-0.05, 0) is 19.8 Å². The molecule has 1 aliphatic rings. The molecule has 14 heavy (non-hydrogen) atoms. The molecule has 0 aromatic heterocycles. The van der Waals surface area contributed by atoms with Crippen LogP contribution in [0.15, 0.2) is 0 Å². The third-order valence-electron chi connectivity index (χ3n) is 2.55. The maximum Gasteiger partial charge on any atom is 0.305 e. The summed E-state index contributed by atoms with van der Waals surface area (Å²) >= 11 is 0. The fraction of sp³-hybridized carbons (Fsp3) is 0.778. The van der Waals surface area contributed by atoms with Gasteiger partial charge in [0, 0.05) is 12.6 Å². The van der Waals surface area contributed by atoms with Crippen molar-refractivity contribution >= 4 is 11.9 Å². The summed E-state index contributed by atoms with van der Waals surface area (Å²) in [5.41, 5.74) is 5.49. The lowest BCUT2D eigenvalue weighted by Crippen LogP contribution is -2.46. The van der Waals surface area contributed by atoms with Crippen molar-refractivity contribution in [2.75, 3.05) is 6.54 Å². The Kier molecular flexibility index (Phi) is 3.46. The Morgan fingerprint density at radius 3 is 2.71 bits per heavy atom. The van der Waals surface area contributed by atoms with Gasteiger partial charge in [-0.3, -0.25) is 9.59 Å². The molecule has 0 aromatic rings. The number of aliphatic carboxylic acids is 1. The van der Waals surface area contributed by atoms with Crippen LogP contribution in [-0.2, 0) is 9.59 Å². The van der Waals surface area contributed by atoms with Crippen LogP contribution in [0.2, 0.25) is 0 Å². The van der Waals surface area contributed by atoms with Crippen LogP contribution in [-0.4, -0.2) is 40.5 Å². The average Bonchev–Trinajstić information content (AvgIpc) is 2.48. The van der Waals surface area contributed by atoms with Crippen molar-refractivity contribution in [2.45, 2.75) is 38.3 Å². The first-order valence-electron chi connectivity index (χ1n) is 4.80. The van der Waals surface area contributed by atoms with Crippen LogP contribution < -0.4 is 5.73 Å². The third-order valence-corrected chi connectivity index (χ3v) is 2.55. The smallest absolute Gasteiger partial charge is 0.305 e. The lowest BCUT2D eigenvalue weighted by Gasteiger charge is -2.24. The van der Waals surface area contributed by atoms with Crippen molar-refractivity contribution < 1.29 is 14.7 Å². The van der Waals surface area contributed by atoms with Crippen molar-refractivity contribution in [1.82, 2.24) is 4.90 Å². The number of carbonyl (C=O) groups excluding carboxylic acids is 1. The number of nitrogens with zero attached hydrogens (tertiary/aromatic N) is 1. The highest BCUT2D eigenvalue weighted by atomic mass is 16.4. The summed E-state index contributed by atoms with van der Waals surface area (Å²) in [6, 6.07) is -0.699. The molecule has 1 rings (SSSR count). The van der Waals surface area contributed by atoms with Crippen molar-refractivity contribution in [3.05, 3.63) is 0 Å². The van der Waals surface area contributed by atoms with E-state index in [9.17, 15) is 9.59 Å². The Hall–Kier alpha value is -1.10. The van der Waals surface area contributed by atoms with E-state index >= 15 is 0 Å². The number of carboxylic acids is 1. The van der Waals surface area contributed by atoms with Gasteiger partial charge in [0.05, 0.1) is 12.5 Å². The van der Waals surface area contributed by atoms with E-state index in [0.29, 0.717) is 6.54 Å². The van der Waals surface area contributed by atoms with Crippen molar-refractivity contribution in [3.8, 4) is 0 Å². The number of hydrogen-bond acceptors (Lipinski definition) is 3. The SMILES string of the molecule is CC1CCCN1C(=O)C(N)CC(=O)O. The molecule has 1 aliphatic heterocycles. The summed E-state index contributed by atoms with van der Waals surface area (Å²) < 4.78 is 0. The number of carboxylic acid groups (broad SMARTS) is 1. The number of amides is 1. The first-order chi connectivity index (χ1) is 6.52. The number of hydrogen-bond donors (Lipinski definition) is 2. The molecule has 1 fully saturated rings. The summed E-state index contributed by atoms with van der Waals surface area (Å²) in [5, 5.41) is 8.49. The molecule has 2 atom stereocenters. The molecule has 0 spiro atoms. The molecule has 3 N–H and O–H groups in total. The summed E-state index contributed by atoms with van der Waals surface area (Å²) in [6.45, 7) is 2.66. The average molecular weight is 200 g/mol. The van der Waals surface area contributed by atoms with E-state index in [1.807, 2.05) is 6.92 Å². The molecule has 5 nitrogen and oxygen atoms in total. The zero-order valence-corrected chi connectivity index (χ0v) is 8.27. The highest BCUT2D eigenvalue weighted by molar-refractivity contribution is 5.86. The lowest BCUT2D eigenvalue weighted by atomic mass is 10.2. The topological polar surface area (TPSA) is 83.6 Å². The molecular formula is C9H16N2O3. The molecule has 1 saturated heterocycles. The van der Waals surface area contributed by atoms with Crippen molar-refractivity contribution in [3.63, 3.8) is 0 Å². The fourth-order valence-electron chi connectivity index (χ4n) is 1.75. The molecule has 1 amide bonds. The van der Waals surface area contributed by atoms with E-state index in [1.165, 1.54) is 0 Å². The van der Waals surface area contributed by atoms with Gasteiger partial charge in [-0.15, -0.1) is 0 Å². The normalized spacial score (nSPS) is 23.6. The Balaban J connectivity index is 2.51. The van der Waals surface area contributed by atoms with E-state index in [2.05, 4.69) is 0 Å². The molecule has 5 heteroatoms. The molecule has 0 radical (unpaired) electrons. The minimum Gasteiger partial charge on any atom is -0.481 e. The van der Waals surface area contributed by atoms with E-state index < -0.39 is 12.0 Å². The van der Waals surface area contributed by atoms with Crippen LogP contribution in [0.4, 0.5) is 0 Å². The number of rotatable bonds is 3. The molecule has 0 bridgehead atoms. The second kappa shape index (κ2) is 4.41. The van der Waals surface area contributed by atoms with Gasteiger partial charge in [-0.1, -0.05) is 0 Å². The first kappa shape index (κ1) is 11.0. The van der Waals surface area contributed by atoms with Crippen LogP contribution in [0.25, 0.3) is 0 Å². The van der Waals surface area contributed by atoms with Gasteiger partial charge in [0.1, 0.15) is 0 Å². The van der Waals surface area contributed by atoms with Crippen molar-refractivity contribution in [1.29, 1.82) is 0 Å². The van der Waals surface area contributed by atoms with Crippen LogP contribution in [0.3, 0.4) is 0 Å². The fourth-order valence-corrected chi connectivity index (χ4v) is 1.75. The Labute approximate surface area is 82.9 Å². The van der Waals surface area contributed by atoms with Crippen LogP contribution in [0, 0.1) is 0 Å². The van der Waals surface area contributed by atoms with Gasteiger partial charge in [-0.25, -0.2) is 0 Å². The number of likely N-dealkylation sites (tertiary alicyclic amines) is 1. The van der Waals surface area contributed by atoms with E-state index in [0.717, 1.165) is 12.8 Å². The molecular weight excluding hydrogens is 184 g/mol. The summed E-state index contributed by atoms with van der Waals surface area (Å²) in [5.74, 6) is -1.27. The van der Waals surface area contributed by atoms with E-state index in [1.54, 1.807) is 4.90 Å². The monoisotopic (exact) mass is 200 g/mol. The van der Waals surface area contributed by atoms with Crippen LogP contribution in [0.1, 0.15) is 26.2 Å². The van der Waals surface area contributed by atoms with E-state index in [4.69, 9.17) is 10.8 Å². The van der Waals surface area contributed by atoms with Gasteiger partial charge in [0.25, 0.3) is 0 Å². The summed E-state index contributed by atoms with van der Waals surface area (Å²) in [4.78, 5) is 23.7. The first-order valence-corrected chi connectivity index (χ1v) is 4.80. The van der Waals surface area contributed by atoms with Gasteiger partial charge in [0.2, 0.25) is 5.91 Å². The Morgan fingerprint density at radius 2 is 2.29 bits per heavy atom. The van der Waals surface area contributed by atoms with Crippen LogP contribution in [0.5, 0.6) is 0 Å². The molecule has 1 heterocycles. The molecule has 80 valence electrons. The van der Waals surface area contributed by atoms with Gasteiger partial charge in [0.15, 0.2) is 0 Å². The second-order valence-electron chi connectivity index (χ2n) is 3.73. The molecule has 0 aromatic carbocycles. The second-order valence-corrected chi connectivity index (χ2v) is 3.73.